The maximum atomic E-state index is 12.7. The number of ketones is 1. The van der Waals surface area contributed by atoms with Crippen LogP contribution in [0.5, 0.6) is 5.88 Å². The maximum Gasteiger partial charge on any atom is 0.454 e. The van der Waals surface area contributed by atoms with E-state index >= 15 is 0 Å². The second-order valence-corrected chi connectivity index (χ2v) is 5.02. The highest BCUT2D eigenvalue weighted by Crippen LogP contribution is 2.30. The van der Waals surface area contributed by atoms with Crippen molar-refractivity contribution in [1.82, 2.24) is 15.0 Å². The molecule has 0 spiro atoms. The number of H-pyrrole nitrogens is 1. The van der Waals surface area contributed by atoms with Gasteiger partial charge in [0.1, 0.15) is 12.0 Å². The van der Waals surface area contributed by atoms with Crippen LogP contribution in [0.4, 0.5) is 13.2 Å². The number of aromatic nitrogens is 3. The van der Waals surface area contributed by atoms with E-state index < -0.39 is 17.5 Å². The fourth-order valence-electron chi connectivity index (χ4n) is 2.29. The number of rotatable bonds is 5. The van der Waals surface area contributed by atoms with Crippen LogP contribution in [0.3, 0.4) is 0 Å². The van der Waals surface area contributed by atoms with Gasteiger partial charge in [-0.3, -0.25) is 4.79 Å². The first-order valence-electron chi connectivity index (χ1n) is 7.07. The number of nitrogens with one attached hydrogen (secondary N) is 1. The lowest BCUT2D eigenvalue weighted by atomic mass is 10.1. The quantitative estimate of drug-likeness (QED) is 0.726. The Kier molecular flexibility index (Phi) is 4.20. The highest BCUT2D eigenvalue weighted by Gasteiger charge is 2.41. The number of hydrogen-bond acceptors (Lipinski definition) is 4. The largest absolute Gasteiger partial charge is 0.477 e. The summed E-state index contributed by atoms with van der Waals surface area (Å²) in [5.74, 6) is -2.01. The molecule has 0 aliphatic heterocycles. The third-order valence-electron chi connectivity index (χ3n) is 3.41. The zero-order valence-electron chi connectivity index (χ0n) is 12.3. The van der Waals surface area contributed by atoms with Crippen LogP contribution in [-0.4, -0.2) is 33.5 Å². The SMILES string of the molecule is O=C(c1c[nH]c2ncnc(OCCc3ccccc3)c12)C(F)(F)F. The van der Waals surface area contributed by atoms with Gasteiger partial charge in [0.05, 0.1) is 17.6 Å². The van der Waals surface area contributed by atoms with E-state index in [1.165, 1.54) is 6.33 Å². The molecule has 0 bridgehead atoms. The van der Waals surface area contributed by atoms with Crippen LogP contribution in [-0.2, 0) is 6.42 Å². The van der Waals surface area contributed by atoms with Gasteiger partial charge < -0.3 is 9.72 Å². The van der Waals surface area contributed by atoms with Crippen molar-refractivity contribution in [2.75, 3.05) is 6.61 Å². The second-order valence-electron chi connectivity index (χ2n) is 5.02. The van der Waals surface area contributed by atoms with Gasteiger partial charge in [-0.2, -0.15) is 13.2 Å². The van der Waals surface area contributed by atoms with Gasteiger partial charge in [0.15, 0.2) is 0 Å². The number of benzene rings is 1. The summed E-state index contributed by atoms with van der Waals surface area (Å²) in [5.41, 5.74) is 0.587. The van der Waals surface area contributed by atoms with Crippen LogP contribution in [0.1, 0.15) is 15.9 Å². The van der Waals surface area contributed by atoms with E-state index in [-0.39, 0.29) is 23.5 Å². The standard InChI is InChI=1S/C16H12F3N3O2/c17-16(18,19)13(23)11-8-20-14-12(11)15(22-9-21-14)24-7-6-10-4-2-1-3-5-10/h1-5,8-9H,6-7H2,(H,20,21,22). The molecule has 0 radical (unpaired) electrons. The molecule has 2 aromatic heterocycles. The molecular formula is C16H12F3N3O2. The van der Waals surface area contributed by atoms with Crippen LogP contribution in [0.15, 0.2) is 42.9 Å². The Labute approximate surface area is 134 Å². The number of ether oxygens (including phenoxy) is 1. The van der Waals surface area contributed by atoms with Crippen molar-refractivity contribution in [3.05, 3.63) is 54.0 Å². The molecule has 124 valence electrons. The molecule has 0 atom stereocenters. The molecule has 3 aromatic rings. The molecule has 2 heterocycles. The van der Waals surface area contributed by atoms with E-state index in [0.717, 1.165) is 11.8 Å². The smallest absolute Gasteiger partial charge is 0.454 e. The molecular weight excluding hydrogens is 323 g/mol. The molecule has 1 aromatic carbocycles. The molecule has 0 saturated carbocycles. The minimum atomic E-state index is -4.98. The fourth-order valence-corrected chi connectivity index (χ4v) is 2.29. The van der Waals surface area contributed by atoms with E-state index in [9.17, 15) is 18.0 Å². The molecule has 0 aliphatic carbocycles. The van der Waals surface area contributed by atoms with Crippen molar-refractivity contribution in [3.8, 4) is 5.88 Å². The number of hydrogen-bond donors (Lipinski definition) is 1. The van der Waals surface area contributed by atoms with Gasteiger partial charge in [-0.25, -0.2) is 9.97 Å². The third kappa shape index (κ3) is 3.22. The number of carbonyl (C=O) groups excluding carboxylic acids is 1. The Morgan fingerprint density at radius 1 is 1.17 bits per heavy atom. The summed E-state index contributed by atoms with van der Waals surface area (Å²) < 4.78 is 43.6. The van der Waals surface area contributed by atoms with Crippen molar-refractivity contribution in [1.29, 1.82) is 0 Å². The average Bonchev–Trinajstić information content (AvgIpc) is 2.99. The minimum Gasteiger partial charge on any atom is -0.477 e. The number of carbonyl (C=O) groups is 1. The highest BCUT2D eigenvalue weighted by atomic mass is 19.4. The van der Waals surface area contributed by atoms with Crippen LogP contribution in [0.2, 0.25) is 0 Å². The number of Topliss-reactive ketones (excluding diaryl/α,β-unsaturated/α-hetero) is 1. The molecule has 0 amide bonds. The van der Waals surface area contributed by atoms with Crippen LogP contribution >= 0.6 is 0 Å². The molecule has 3 rings (SSSR count). The van der Waals surface area contributed by atoms with Crippen molar-refractivity contribution < 1.29 is 22.7 Å². The number of halogens is 3. The summed E-state index contributed by atoms with van der Waals surface area (Å²) in [6, 6.07) is 9.46. The molecule has 1 N–H and O–H groups in total. The Bertz CT molecular complexity index is 860. The normalized spacial score (nSPS) is 11.6. The van der Waals surface area contributed by atoms with Gasteiger partial charge in [-0.05, 0) is 5.56 Å². The van der Waals surface area contributed by atoms with Gasteiger partial charge in [-0.1, -0.05) is 30.3 Å². The monoisotopic (exact) mass is 335 g/mol. The maximum absolute atomic E-state index is 12.7. The first-order valence-corrected chi connectivity index (χ1v) is 7.07. The lowest BCUT2D eigenvalue weighted by molar-refractivity contribution is -0.0884. The van der Waals surface area contributed by atoms with Gasteiger partial charge in [0, 0.05) is 12.6 Å². The molecule has 8 heteroatoms. The first kappa shape index (κ1) is 16.0. The predicted molar refractivity (Wildman–Crippen MR) is 79.9 cm³/mol. The predicted octanol–water partition coefficient (Wildman–Crippen LogP) is 3.32. The first-order chi connectivity index (χ1) is 11.5. The summed E-state index contributed by atoms with van der Waals surface area (Å²) in [6.07, 6.45) is -2.29. The van der Waals surface area contributed by atoms with Gasteiger partial charge >= 0.3 is 6.18 Å². The van der Waals surface area contributed by atoms with E-state index in [1.807, 2.05) is 30.3 Å². The Morgan fingerprint density at radius 2 is 1.92 bits per heavy atom. The molecule has 0 aliphatic rings. The van der Waals surface area contributed by atoms with E-state index in [0.29, 0.717) is 6.42 Å². The lowest BCUT2D eigenvalue weighted by Crippen LogP contribution is -2.22. The molecule has 24 heavy (non-hydrogen) atoms. The van der Waals surface area contributed by atoms with Gasteiger partial charge in [-0.15, -0.1) is 0 Å². The number of fused-ring (bicyclic) bond motifs is 1. The van der Waals surface area contributed by atoms with E-state index in [4.69, 9.17) is 4.74 Å². The van der Waals surface area contributed by atoms with Gasteiger partial charge in [0.2, 0.25) is 5.88 Å². The average molecular weight is 335 g/mol. The molecule has 5 nitrogen and oxygen atoms in total. The summed E-state index contributed by atoms with van der Waals surface area (Å²) in [4.78, 5) is 21.8. The highest BCUT2D eigenvalue weighted by molar-refractivity contribution is 6.11. The summed E-state index contributed by atoms with van der Waals surface area (Å²) >= 11 is 0. The zero-order valence-corrected chi connectivity index (χ0v) is 12.3. The van der Waals surface area contributed by atoms with Crippen LogP contribution in [0, 0.1) is 0 Å². The molecule has 0 fully saturated rings. The zero-order chi connectivity index (χ0) is 17.2. The van der Waals surface area contributed by atoms with E-state index in [2.05, 4.69) is 15.0 Å². The Balaban J connectivity index is 1.85. The second kappa shape index (κ2) is 6.31. The minimum absolute atomic E-state index is 0.0511. The van der Waals surface area contributed by atoms with Crippen molar-refractivity contribution in [3.63, 3.8) is 0 Å². The molecule has 0 unspecified atom stereocenters. The topological polar surface area (TPSA) is 67.9 Å². The number of alkyl halides is 3. The Hall–Kier alpha value is -2.90. The van der Waals surface area contributed by atoms with Crippen molar-refractivity contribution in [2.24, 2.45) is 0 Å². The fraction of sp³-hybridized carbons (Fsp3) is 0.188. The van der Waals surface area contributed by atoms with E-state index in [1.54, 1.807) is 0 Å². The summed E-state index contributed by atoms with van der Waals surface area (Å²) in [6.45, 7) is 0.209. The number of nitrogens with zero attached hydrogens (tertiary/aromatic N) is 2. The van der Waals surface area contributed by atoms with Gasteiger partial charge in [0.25, 0.3) is 5.78 Å². The third-order valence-corrected chi connectivity index (χ3v) is 3.41. The summed E-state index contributed by atoms with van der Waals surface area (Å²) in [7, 11) is 0. The number of aromatic amines is 1. The lowest BCUT2D eigenvalue weighted by Gasteiger charge is -2.08. The van der Waals surface area contributed by atoms with Crippen LogP contribution in [0.25, 0.3) is 11.0 Å². The van der Waals surface area contributed by atoms with Crippen molar-refractivity contribution in [2.45, 2.75) is 12.6 Å². The Morgan fingerprint density at radius 3 is 2.62 bits per heavy atom. The van der Waals surface area contributed by atoms with Crippen LogP contribution < -0.4 is 4.74 Å². The van der Waals surface area contributed by atoms with Crippen molar-refractivity contribution >= 4 is 16.8 Å². The molecule has 0 saturated heterocycles. The summed E-state index contributed by atoms with van der Waals surface area (Å²) in [5, 5.41) is -0.0621.